The number of amides is 2. The first-order chi connectivity index (χ1) is 10.2. The molecular weight excluding hydrogens is 309 g/mol. The average molecular weight is 318 g/mol. The second-order valence-corrected chi connectivity index (χ2v) is 4.11. The van der Waals surface area contributed by atoms with E-state index in [1.165, 1.54) is 6.07 Å². The minimum Gasteiger partial charge on any atom is -0.431 e. The lowest BCUT2D eigenvalue weighted by Gasteiger charge is -2.05. The molecule has 2 N–H and O–H groups in total. The molecule has 0 aliphatic rings. The van der Waals surface area contributed by atoms with Crippen molar-refractivity contribution in [2.24, 2.45) is 0 Å². The van der Waals surface area contributed by atoms with Crippen molar-refractivity contribution in [2.75, 3.05) is 11.9 Å². The Hall–Kier alpha value is -2.85. The van der Waals surface area contributed by atoms with Gasteiger partial charge in [0.15, 0.2) is 11.4 Å². The van der Waals surface area contributed by atoms with Crippen LogP contribution in [0.15, 0.2) is 21.3 Å². The van der Waals surface area contributed by atoms with Crippen LogP contribution in [0.5, 0.6) is 0 Å². The van der Waals surface area contributed by atoms with E-state index in [9.17, 15) is 22.8 Å². The van der Waals surface area contributed by atoms with E-state index in [-0.39, 0.29) is 11.7 Å². The Bertz CT molecular complexity index is 692. The maximum absolute atomic E-state index is 12.0. The number of halogens is 3. The molecule has 2 aromatic rings. The number of aromatic nitrogens is 2. The normalized spacial score (nSPS) is 11.3. The molecule has 0 spiro atoms. The Morgan fingerprint density at radius 2 is 2.00 bits per heavy atom. The molecule has 0 saturated heterocycles. The first kappa shape index (κ1) is 15.5. The second kappa shape index (κ2) is 5.87. The molecular formula is C11H9F3N4O4. The van der Waals surface area contributed by atoms with Crippen LogP contribution in [-0.2, 0) is 0 Å². The van der Waals surface area contributed by atoms with Crippen molar-refractivity contribution in [1.29, 1.82) is 0 Å². The third kappa shape index (κ3) is 4.07. The van der Waals surface area contributed by atoms with Gasteiger partial charge in [-0.1, -0.05) is 5.16 Å². The van der Waals surface area contributed by atoms with Crippen LogP contribution in [0.3, 0.4) is 0 Å². The van der Waals surface area contributed by atoms with Gasteiger partial charge >= 0.3 is 12.2 Å². The predicted octanol–water partition coefficient (Wildman–Crippen LogP) is 1.52. The van der Waals surface area contributed by atoms with Crippen molar-refractivity contribution in [3.63, 3.8) is 0 Å². The summed E-state index contributed by atoms with van der Waals surface area (Å²) in [5.41, 5.74) is -0.449. The zero-order valence-corrected chi connectivity index (χ0v) is 11.0. The number of rotatable bonds is 4. The summed E-state index contributed by atoms with van der Waals surface area (Å²) >= 11 is 0. The first-order valence-corrected chi connectivity index (χ1v) is 5.80. The van der Waals surface area contributed by atoms with Gasteiger partial charge in [0.1, 0.15) is 18.6 Å². The van der Waals surface area contributed by atoms with Crippen LogP contribution in [0.1, 0.15) is 26.7 Å². The zero-order valence-electron chi connectivity index (χ0n) is 11.0. The number of hydrogen-bond acceptors (Lipinski definition) is 6. The average Bonchev–Trinajstić information content (AvgIpc) is 3.04. The summed E-state index contributed by atoms with van der Waals surface area (Å²) in [6.07, 6.45) is -3.73. The molecule has 118 valence electrons. The first-order valence-electron chi connectivity index (χ1n) is 5.80. The van der Waals surface area contributed by atoms with Gasteiger partial charge in [0.25, 0.3) is 11.8 Å². The number of alkyl halides is 3. The fourth-order valence-electron chi connectivity index (χ4n) is 1.34. The van der Waals surface area contributed by atoms with Gasteiger partial charge in [0, 0.05) is 6.07 Å². The molecule has 0 aromatic carbocycles. The molecule has 0 radical (unpaired) electrons. The Morgan fingerprint density at radius 1 is 1.27 bits per heavy atom. The number of carbonyl (C=O) groups excluding carboxylic acids is 2. The highest BCUT2D eigenvalue weighted by atomic mass is 19.4. The maximum Gasteiger partial charge on any atom is 0.405 e. The van der Waals surface area contributed by atoms with Gasteiger partial charge in [-0.25, -0.2) is 0 Å². The molecule has 0 fully saturated rings. The van der Waals surface area contributed by atoms with E-state index >= 15 is 0 Å². The van der Waals surface area contributed by atoms with Crippen LogP contribution in [0.4, 0.5) is 19.2 Å². The van der Waals surface area contributed by atoms with Gasteiger partial charge in [0.2, 0.25) is 0 Å². The highest BCUT2D eigenvalue weighted by Gasteiger charge is 2.28. The van der Waals surface area contributed by atoms with Crippen molar-refractivity contribution in [3.8, 4) is 0 Å². The summed E-state index contributed by atoms with van der Waals surface area (Å²) in [7, 11) is 0. The largest absolute Gasteiger partial charge is 0.431 e. The molecule has 0 saturated carbocycles. The van der Waals surface area contributed by atoms with Crippen molar-refractivity contribution >= 4 is 17.8 Å². The van der Waals surface area contributed by atoms with Crippen molar-refractivity contribution < 1.29 is 31.7 Å². The molecule has 0 unspecified atom stereocenters. The van der Waals surface area contributed by atoms with E-state index in [0.717, 1.165) is 6.26 Å². The smallest absolute Gasteiger partial charge is 0.405 e. The number of aryl methyl sites for hydroxylation is 1. The molecule has 0 aliphatic heterocycles. The summed E-state index contributed by atoms with van der Waals surface area (Å²) in [4.78, 5) is 26.6. The lowest BCUT2D eigenvalue weighted by molar-refractivity contribution is -0.123. The molecule has 0 bridgehead atoms. The molecule has 0 aliphatic carbocycles. The molecule has 2 amide bonds. The summed E-state index contributed by atoms with van der Waals surface area (Å²) in [6, 6.07) is 0.998. The number of carbonyl (C=O) groups is 2. The van der Waals surface area contributed by atoms with Gasteiger partial charge in [0.05, 0.1) is 0 Å². The Kier molecular flexibility index (Phi) is 4.15. The summed E-state index contributed by atoms with van der Waals surface area (Å²) < 4.78 is 45.4. The van der Waals surface area contributed by atoms with E-state index in [1.807, 2.05) is 0 Å². The summed E-state index contributed by atoms with van der Waals surface area (Å²) in [5.74, 6) is -1.38. The second-order valence-electron chi connectivity index (χ2n) is 4.11. The number of hydrogen-bond donors (Lipinski definition) is 2. The fraction of sp³-hybridized carbons (Fsp3) is 0.273. The maximum atomic E-state index is 12.0. The molecule has 22 heavy (non-hydrogen) atoms. The predicted molar refractivity (Wildman–Crippen MR) is 64.1 cm³/mol. The standard InChI is InChI=1S/C11H9F3N4O4/c1-5-2-6(18-22-5)9(20)17-10-16-7(3-21-10)8(19)15-4-11(12,13)14/h2-3H,4H2,1H3,(H,15,19)(H,16,17,20). The van der Waals surface area contributed by atoms with Crippen molar-refractivity contribution in [3.05, 3.63) is 29.5 Å². The van der Waals surface area contributed by atoms with Crippen LogP contribution in [0.25, 0.3) is 0 Å². The SMILES string of the molecule is Cc1cc(C(=O)Nc2nc(C(=O)NCC(F)(F)F)co2)no1. The quantitative estimate of drug-likeness (QED) is 0.884. The lowest BCUT2D eigenvalue weighted by Crippen LogP contribution is -2.33. The van der Waals surface area contributed by atoms with Gasteiger partial charge in [-0.05, 0) is 6.92 Å². The molecule has 2 aromatic heterocycles. The minimum atomic E-state index is -4.54. The third-order valence-electron chi connectivity index (χ3n) is 2.27. The van der Waals surface area contributed by atoms with Crippen LogP contribution in [0, 0.1) is 6.92 Å². The van der Waals surface area contributed by atoms with Crippen molar-refractivity contribution in [2.45, 2.75) is 13.1 Å². The topological polar surface area (TPSA) is 110 Å². The lowest BCUT2D eigenvalue weighted by atomic mass is 10.3. The zero-order chi connectivity index (χ0) is 16.3. The highest BCUT2D eigenvalue weighted by molar-refractivity contribution is 6.02. The molecule has 2 heterocycles. The van der Waals surface area contributed by atoms with Crippen molar-refractivity contribution in [1.82, 2.24) is 15.5 Å². The number of anilines is 1. The van der Waals surface area contributed by atoms with E-state index in [0.29, 0.717) is 5.76 Å². The molecule has 8 nitrogen and oxygen atoms in total. The Morgan fingerprint density at radius 3 is 2.59 bits per heavy atom. The van der Waals surface area contributed by atoms with E-state index in [4.69, 9.17) is 8.94 Å². The van der Waals surface area contributed by atoms with Gasteiger partial charge in [-0.3, -0.25) is 14.9 Å². The fourth-order valence-corrected chi connectivity index (χ4v) is 1.34. The molecule has 11 heteroatoms. The van der Waals surface area contributed by atoms with Crippen LogP contribution < -0.4 is 10.6 Å². The number of oxazole rings is 1. The Labute approximate surface area is 120 Å². The van der Waals surface area contributed by atoms with E-state index < -0.39 is 30.2 Å². The molecule has 0 atom stereocenters. The monoisotopic (exact) mass is 318 g/mol. The number of nitrogens with one attached hydrogen (secondary N) is 2. The van der Waals surface area contributed by atoms with Gasteiger partial charge < -0.3 is 14.3 Å². The Balaban J connectivity index is 1.96. The third-order valence-corrected chi connectivity index (χ3v) is 2.27. The van der Waals surface area contributed by atoms with E-state index in [1.54, 1.807) is 12.2 Å². The van der Waals surface area contributed by atoms with Crippen LogP contribution in [0.2, 0.25) is 0 Å². The van der Waals surface area contributed by atoms with Gasteiger partial charge in [-0.15, -0.1) is 0 Å². The highest BCUT2D eigenvalue weighted by Crippen LogP contribution is 2.13. The van der Waals surface area contributed by atoms with Crippen LogP contribution in [-0.4, -0.2) is 34.7 Å². The van der Waals surface area contributed by atoms with E-state index in [2.05, 4.69) is 15.5 Å². The summed E-state index contributed by atoms with van der Waals surface area (Å²) in [5, 5.41) is 7.24. The van der Waals surface area contributed by atoms with Crippen LogP contribution >= 0.6 is 0 Å². The number of nitrogens with zero attached hydrogens (tertiary/aromatic N) is 2. The minimum absolute atomic E-state index is 0.0428. The molecule has 2 rings (SSSR count). The summed E-state index contributed by atoms with van der Waals surface area (Å²) in [6.45, 7) is 0.0800. The van der Waals surface area contributed by atoms with Gasteiger partial charge in [-0.2, -0.15) is 18.2 Å².